The van der Waals surface area contributed by atoms with E-state index in [1.165, 1.54) is 0 Å². The van der Waals surface area contributed by atoms with E-state index in [9.17, 15) is 24.0 Å². The molecule has 186 valence electrons. The highest BCUT2D eigenvalue weighted by Crippen LogP contribution is 2.23. The number of imide groups is 2. The first-order chi connectivity index (χ1) is 16.0. The van der Waals surface area contributed by atoms with Crippen molar-refractivity contribution < 1.29 is 28.7 Å². The van der Waals surface area contributed by atoms with Crippen molar-refractivity contribution in [3.8, 4) is 0 Å². The number of anilines is 1. The van der Waals surface area contributed by atoms with E-state index in [-0.39, 0.29) is 18.9 Å². The molecule has 1 aliphatic heterocycles. The van der Waals surface area contributed by atoms with Gasteiger partial charge in [0.2, 0.25) is 18.7 Å². The van der Waals surface area contributed by atoms with E-state index in [1.54, 1.807) is 24.8 Å². The third-order valence-corrected chi connectivity index (χ3v) is 5.57. The predicted octanol–water partition coefficient (Wildman–Crippen LogP) is 2.09. The number of carbonyl (C=O) groups is 5. The van der Waals surface area contributed by atoms with Crippen LogP contribution in [-0.4, -0.2) is 78.3 Å². The fraction of sp³-hybridized carbons (Fsp3) is 0.542. The summed E-state index contributed by atoms with van der Waals surface area (Å²) in [5.74, 6) is -0.912. The lowest BCUT2D eigenvalue weighted by molar-refractivity contribution is -0.126. The fourth-order valence-electron chi connectivity index (χ4n) is 3.67. The lowest BCUT2D eigenvalue weighted by atomic mass is 10.0. The van der Waals surface area contributed by atoms with Gasteiger partial charge in [-0.2, -0.15) is 0 Å². The van der Waals surface area contributed by atoms with Gasteiger partial charge in [-0.05, 0) is 64.8 Å². The maximum absolute atomic E-state index is 13.0. The number of nitrogens with zero attached hydrogens (tertiary/aromatic N) is 3. The Morgan fingerprint density at radius 1 is 1.15 bits per heavy atom. The Morgan fingerprint density at radius 3 is 2.32 bits per heavy atom. The molecule has 1 fully saturated rings. The van der Waals surface area contributed by atoms with Crippen LogP contribution in [-0.2, 0) is 19.1 Å². The average Bonchev–Trinajstić information content (AvgIpc) is 2.77. The fourth-order valence-corrected chi connectivity index (χ4v) is 3.67. The third kappa shape index (κ3) is 7.29. The molecular formula is C24H34N4O6. The Kier molecular flexibility index (Phi) is 9.17. The second-order valence-electron chi connectivity index (χ2n) is 9.34. The molecule has 1 aliphatic rings. The quantitative estimate of drug-likeness (QED) is 0.574. The van der Waals surface area contributed by atoms with Gasteiger partial charge in [0.1, 0.15) is 5.60 Å². The molecule has 0 aliphatic carbocycles. The van der Waals surface area contributed by atoms with Crippen LogP contribution in [0.2, 0.25) is 0 Å². The first kappa shape index (κ1) is 26.8. The smallest absolute Gasteiger partial charge is 0.410 e. The molecular weight excluding hydrogens is 440 g/mol. The third-order valence-electron chi connectivity index (χ3n) is 5.57. The molecule has 1 saturated heterocycles. The number of benzene rings is 1. The predicted molar refractivity (Wildman–Crippen MR) is 126 cm³/mol. The van der Waals surface area contributed by atoms with Gasteiger partial charge in [-0.15, -0.1) is 0 Å². The van der Waals surface area contributed by atoms with Crippen molar-refractivity contribution in [1.82, 2.24) is 15.1 Å². The van der Waals surface area contributed by atoms with E-state index >= 15 is 0 Å². The Balaban J connectivity index is 2.02. The summed E-state index contributed by atoms with van der Waals surface area (Å²) >= 11 is 0. The lowest BCUT2D eigenvalue weighted by Crippen LogP contribution is -2.50. The van der Waals surface area contributed by atoms with Crippen LogP contribution in [0.1, 0.15) is 56.5 Å². The van der Waals surface area contributed by atoms with Gasteiger partial charge in [-0.3, -0.25) is 29.4 Å². The zero-order valence-corrected chi connectivity index (χ0v) is 20.5. The summed E-state index contributed by atoms with van der Waals surface area (Å²) in [4.78, 5) is 63.6. The highest BCUT2D eigenvalue weighted by Gasteiger charge is 2.27. The van der Waals surface area contributed by atoms with E-state index < -0.39 is 23.5 Å². The van der Waals surface area contributed by atoms with Gasteiger partial charge < -0.3 is 14.5 Å². The summed E-state index contributed by atoms with van der Waals surface area (Å²) in [5.41, 5.74) is 1.50. The molecule has 1 N–H and O–H groups in total. The number of amides is 5. The largest absolute Gasteiger partial charge is 0.444 e. The van der Waals surface area contributed by atoms with Crippen molar-refractivity contribution in [2.45, 2.75) is 59.1 Å². The summed E-state index contributed by atoms with van der Waals surface area (Å²) in [5, 5.41) is 2.04. The summed E-state index contributed by atoms with van der Waals surface area (Å²) < 4.78 is 5.43. The molecule has 0 saturated carbocycles. The van der Waals surface area contributed by atoms with E-state index in [0.29, 0.717) is 44.6 Å². The number of carbonyl (C=O) groups excluding carboxylic acids is 5. The molecule has 1 unspecified atom stereocenters. The molecule has 1 atom stereocenters. The number of piperazine rings is 1. The maximum Gasteiger partial charge on any atom is 0.410 e. The number of ether oxygens (including phenoxy) is 1. The van der Waals surface area contributed by atoms with Gasteiger partial charge in [0.15, 0.2) is 0 Å². The molecule has 1 heterocycles. The number of aryl methyl sites for hydroxylation is 1. The lowest BCUT2D eigenvalue weighted by Gasteiger charge is -2.37. The summed E-state index contributed by atoms with van der Waals surface area (Å²) in [6.07, 6.45) is 0.704. The minimum absolute atomic E-state index is 0.0186. The van der Waals surface area contributed by atoms with Crippen LogP contribution < -0.4 is 10.2 Å². The molecule has 1 aromatic rings. The van der Waals surface area contributed by atoms with E-state index in [4.69, 9.17) is 4.74 Å². The monoisotopic (exact) mass is 474 g/mol. The highest BCUT2D eigenvalue weighted by molar-refractivity contribution is 6.01. The topological polar surface area (TPSA) is 116 Å². The maximum atomic E-state index is 13.0. The van der Waals surface area contributed by atoms with Crippen molar-refractivity contribution >= 4 is 36.4 Å². The molecule has 5 amide bonds. The minimum atomic E-state index is -0.539. The standard InChI is InChI=1S/C24H34N4O6/c1-17-14-19(26-10-12-27(13-11-26)23(33)34-24(3,4)5)7-8-20(17)22(32)28(16-30)18(2)6-9-21(31)25-15-29/h7-8,14-16,18H,6,9-13H2,1-5H3,(H,25,29,31). The SMILES string of the molecule is Cc1cc(N2CCN(C(=O)OC(C)(C)C)CC2)ccc1C(=O)N(C=O)C(C)CCC(=O)NC=O. The Bertz CT molecular complexity index is 919. The van der Waals surface area contributed by atoms with Crippen molar-refractivity contribution in [2.75, 3.05) is 31.1 Å². The zero-order valence-electron chi connectivity index (χ0n) is 20.5. The first-order valence-electron chi connectivity index (χ1n) is 11.3. The minimum Gasteiger partial charge on any atom is -0.444 e. The van der Waals surface area contributed by atoms with Gasteiger partial charge in [0, 0.05) is 49.9 Å². The van der Waals surface area contributed by atoms with Crippen LogP contribution >= 0.6 is 0 Å². The van der Waals surface area contributed by atoms with Crippen molar-refractivity contribution in [2.24, 2.45) is 0 Å². The second-order valence-corrected chi connectivity index (χ2v) is 9.34. The Morgan fingerprint density at radius 2 is 1.79 bits per heavy atom. The molecule has 0 bridgehead atoms. The van der Waals surface area contributed by atoms with Crippen LogP contribution in [0.5, 0.6) is 0 Å². The number of rotatable bonds is 8. The van der Waals surface area contributed by atoms with Crippen LogP contribution in [0.4, 0.5) is 10.5 Å². The normalized spacial score (nSPS) is 14.7. The summed E-state index contributed by atoms with van der Waals surface area (Å²) in [7, 11) is 0. The molecule has 1 aromatic carbocycles. The van der Waals surface area contributed by atoms with Crippen molar-refractivity contribution in [1.29, 1.82) is 0 Å². The van der Waals surface area contributed by atoms with Gasteiger partial charge in [-0.1, -0.05) is 0 Å². The summed E-state index contributed by atoms with van der Waals surface area (Å²) in [6, 6.07) is 4.90. The summed E-state index contributed by atoms with van der Waals surface area (Å²) in [6.45, 7) is 11.3. The highest BCUT2D eigenvalue weighted by atomic mass is 16.6. The van der Waals surface area contributed by atoms with Crippen molar-refractivity contribution in [3.63, 3.8) is 0 Å². The van der Waals surface area contributed by atoms with Gasteiger partial charge in [0.05, 0.1) is 0 Å². The van der Waals surface area contributed by atoms with Crippen LogP contribution in [0.3, 0.4) is 0 Å². The Labute approximate surface area is 200 Å². The van der Waals surface area contributed by atoms with E-state index in [1.807, 2.05) is 38.2 Å². The molecule has 2 rings (SSSR count). The van der Waals surface area contributed by atoms with Crippen molar-refractivity contribution in [3.05, 3.63) is 29.3 Å². The molecule has 34 heavy (non-hydrogen) atoms. The average molecular weight is 475 g/mol. The molecule has 10 nitrogen and oxygen atoms in total. The number of hydrogen-bond acceptors (Lipinski definition) is 7. The molecule has 0 aromatic heterocycles. The van der Waals surface area contributed by atoms with E-state index in [2.05, 4.69) is 4.90 Å². The van der Waals surface area contributed by atoms with Crippen LogP contribution in [0, 0.1) is 6.92 Å². The number of hydrogen-bond donors (Lipinski definition) is 1. The zero-order chi connectivity index (χ0) is 25.5. The van der Waals surface area contributed by atoms with Gasteiger partial charge >= 0.3 is 6.09 Å². The van der Waals surface area contributed by atoms with Crippen LogP contribution in [0.25, 0.3) is 0 Å². The number of nitrogens with one attached hydrogen (secondary N) is 1. The van der Waals surface area contributed by atoms with Gasteiger partial charge in [-0.25, -0.2) is 4.79 Å². The van der Waals surface area contributed by atoms with Crippen LogP contribution in [0.15, 0.2) is 18.2 Å². The van der Waals surface area contributed by atoms with E-state index in [0.717, 1.165) is 16.2 Å². The molecule has 10 heteroatoms. The Hall–Kier alpha value is -3.43. The first-order valence-corrected chi connectivity index (χ1v) is 11.3. The van der Waals surface area contributed by atoms with Gasteiger partial charge in [0.25, 0.3) is 5.91 Å². The molecule has 0 radical (unpaired) electrons. The molecule has 0 spiro atoms. The second kappa shape index (κ2) is 11.6.